The summed E-state index contributed by atoms with van der Waals surface area (Å²) in [5.74, 6) is 0.556. The van der Waals surface area contributed by atoms with Gasteiger partial charge in [-0.3, -0.25) is 4.79 Å². The van der Waals surface area contributed by atoms with Crippen molar-refractivity contribution >= 4 is 17.4 Å². The Hall–Kier alpha value is -2.40. The molecule has 1 aromatic heterocycles. The summed E-state index contributed by atoms with van der Waals surface area (Å²) in [5.41, 5.74) is 3.54. The number of amides is 1. The van der Waals surface area contributed by atoms with Gasteiger partial charge in [-0.05, 0) is 43.5 Å². The molecule has 0 atom stereocenters. The van der Waals surface area contributed by atoms with Crippen molar-refractivity contribution in [3.8, 4) is 0 Å². The smallest absolute Gasteiger partial charge is 0.255 e. The normalized spacial score (nSPS) is 10.4. The molecule has 122 valence electrons. The number of carbonyl (C=O) groups is 1. The summed E-state index contributed by atoms with van der Waals surface area (Å²) in [6, 6.07) is 9.42. The lowest BCUT2D eigenvalue weighted by atomic mass is 10.1. The lowest BCUT2D eigenvalue weighted by molar-refractivity contribution is 0.102. The minimum atomic E-state index is -0.134. The van der Waals surface area contributed by atoms with E-state index >= 15 is 0 Å². The third kappa shape index (κ3) is 4.79. The number of aromatic nitrogens is 1. The Kier molecular flexibility index (Phi) is 6.11. The van der Waals surface area contributed by atoms with Gasteiger partial charge in [0.05, 0.1) is 0 Å². The highest BCUT2D eigenvalue weighted by Gasteiger charge is 2.10. The summed E-state index contributed by atoms with van der Waals surface area (Å²) in [6.07, 6.45) is 2.52. The van der Waals surface area contributed by atoms with E-state index in [-0.39, 0.29) is 5.91 Å². The summed E-state index contributed by atoms with van der Waals surface area (Å²) in [4.78, 5) is 16.7. The number of nitrogens with zero attached hydrogens (tertiary/aromatic N) is 1. The van der Waals surface area contributed by atoms with E-state index in [2.05, 4.69) is 15.6 Å². The molecule has 2 rings (SSSR count). The van der Waals surface area contributed by atoms with Crippen LogP contribution in [0.5, 0.6) is 0 Å². The van der Waals surface area contributed by atoms with Crippen molar-refractivity contribution in [3.63, 3.8) is 0 Å². The summed E-state index contributed by atoms with van der Waals surface area (Å²) in [6.45, 7) is 5.42. The third-order valence-corrected chi connectivity index (χ3v) is 3.57. The molecule has 23 heavy (non-hydrogen) atoms. The van der Waals surface area contributed by atoms with Gasteiger partial charge in [0.2, 0.25) is 0 Å². The second-order valence-electron chi connectivity index (χ2n) is 5.42. The van der Waals surface area contributed by atoms with Gasteiger partial charge in [-0.15, -0.1) is 0 Å². The summed E-state index contributed by atoms with van der Waals surface area (Å²) in [5, 5.41) is 6.17. The van der Waals surface area contributed by atoms with E-state index in [4.69, 9.17) is 4.74 Å². The van der Waals surface area contributed by atoms with Crippen molar-refractivity contribution in [2.75, 3.05) is 30.9 Å². The topological polar surface area (TPSA) is 63.2 Å². The molecule has 0 aliphatic heterocycles. The fourth-order valence-electron chi connectivity index (χ4n) is 2.30. The molecule has 2 N–H and O–H groups in total. The zero-order valence-electron chi connectivity index (χ0n) is 13.8. The fourth-order valence-corrected chi connectivity index (χ4v) is 2.30. The van der Waals surface area contributed by atoms with E-state index < -0.39 is 0 Å². The van der Waals surface area contributed by atoms with E-state index in [0.717, 1.165) is 29.8 Å². The first-order valence-corrected chi connectivity index (χ1v) is 7.68. The van der Waals surface area contributed by atoms with Gasteiger partial charge in [0.1, 0.15) is 5.82 Å². The van der Waals surface area contributed by atoms with Crippen LogP contribution in [0.3, 0.4) is 0 Å². The highest BCUT2D eigenvalue weighted by molar-refractivity contribution is 6.05. The Balaban J connectivity index is 2.05. The van der Waals surface area contributed by atoms with E-state index in [0.29, 0.717) is 18.0 Å². The van der Waals surface area contributed by atoms with Gasteiger partial charge in [-0.25, -0.2) is 4.98 Å². The summed E-state index contributed by atoms with van der Waals surface area (Å²) >= 11 is 0. The molecule has 1 heterocycles. The quantitative estimate of drug-likeness (QED) is 0.769. The minimum Gasteiger partial charge on any atom is -0.385 e. The number of para-hydroxylation sites is 1. The number of pyridine rings is 1. The molecule has 2 aromatic rings. The number of aryl methyl sites for hydroxylation is 2. The number of ether oxygens (including phenoxy) is 1. The van der Waals surface area contributed by atoms with Crippen LogP contribution in [0, 0.1) is 13.8 Å². The molecule has 0 spiro atoms. The lowest BCUT2D eigenvalue weighted by Gasteiger charge is -2.12. The number of methoxy groups -OCH3 is 1. The number of benzene rings is 1. The van der Waals surface area contributed by atoms with Gasteiger partial charge in [-0.2, -0.15) is 0 Å². The van der Waals surface area contributed by atoms with Gasteiger partial charge in [0.25, 0.3) is 5.91 Å². The maximum Gasteiger partial charge on any atom is 0.255 e. The van der Waals surface area contributed by atoms with Gasteiger partial charge in [0.15, 0.2) is 0 Å². The molecule has 0 saturated carbocycles. The van der Waals surface area contributed by atoms with Crippen LogP contribution in [-0.2, 0) is 4.74 Å². The molecular formula is C18H23N3O2. The summed E-state index contributed by atoms with van der Waals surface area (Å²) in [7, 11) is 1.68. The van der Waals surface area contributed by atoms with Crippen LogP contribution in [0.2, 0.25) is 0 Å². The van der Waals surface area contributed by atoms with E-state index in [1.807, 2.05) is 32.0 Å². The van der Waals surface area contributed by atoms with Crippen molar-refractivity contribution in [2.45, 2.75) is 20.3 Å². The zero-order chi connectivity index (χ0) is 16.7. The molecule has 0 aliphatic carbocycles. The monoisotopic (exact) mass is 313 g/mol. The number of carbonyl (C=O) groups excluding carboxylic acids is 1. The van der Waals surface area contributed by atoms with Gasteiger partial charge in [0, 0.05) is 37.7 Å². The molecule has 5 heteroatoms. The molecule has 0 aliphatic rings. The predicted molar refractivity (Wildman–Crippen MR) is 93.1 cm³/mol. The van der Waals surface area contributed by atoms with Crippen molar-refractivity contribution in [1.29, 1.82) is 0 Å². The molecule has 5 nitrogen and oxygen atoms in total. The number of hydrogen-bond acceptors (Lipinski definition) is 4. The van der Waals surface area contributed by atoms with E-state index in [1.165, 1.54) is 0 Å². The Morgan fingerprint density at radius 2 is 1.96 bits per heavy atom. The average Bonchev–Trinajstić information content (AvgIpc) is 2.55. The van der Waals surface area contributed by atoms with Gasteiger partial charge < -0.3 is 15.4 Å². The number of nitrogens with one attached hydrogen (secondary N) is 2. The molecule has 0 unspecified atom stereocenters. The highest BCUT2D eigenvalue weighted by atomic mass is 16.5. The van der Waals surface area contributed by atoms with Crippen molar-refractivity contribution in [2.24, 2.45) is 0 Å². The molecule has 1 amide bonds. The number of hydrogen-bond donors (Lipinski definition) is 2. The minimum absolute atomic E-state index is 0.134. The van der Waals surface area contributed by atoms with Crippen LogP contribution < -0.4 is 10.6 Å². The van der Waals surface area contributed by atoms with Crippen molar-refractivity contribution in [3.05, 3.63) is 53.2 Å². The van der Waals surface area contributed by atoms with Gasteiger partial charge >= 0.3 is 0 Å². The first-order chi connectivity index (χ1) is 11.1. The molecular weight excluding hydrogens is 290 g/mol. The van der Waals surface area contributed by atoms with E-state index in [9.17, 15) is 4.79 Å². The van der Waals surface area contributed by atoms with Crippen LogP contribution in [-0.4, -0.2) is 31.2 Å². The second-order valence-corrected chi connectivity index (χ2v) is 5.42. The number of rotatable bonds is 7. The van der Waals surface area contributed by atoms with Crippen LogP contribution in [0.4, 0.5) is 11.5 Å². The molecule has 0 radical (unpaired) electrons. The maximum absolute atomic E-state index is 12.5. The standard InChI is InChI=1S/C18H23N3O2/c1-13-6-4-7-14(2)17(13)21-18(22)15-8-10-20-16(12-15)19-9-5-11-23-3/h4,6-8,10,12H,5,9,11H2,1-3H3,(H,19,20)(H,21,22). The SMILES string of the molecule is COCCCNc1cc(C(=O)Nc2c(C)cccc2C)ccn1. The Labute approximate surface area is 137 Å². The Morgan fingerprint density at radius 1 is 1.22 bits per heavy atom. The Bertz CT molecular complexity index is 651. The number of anilines is 2. The van der Waals surface area contributed by atoms with E-state index in [1.54, 1.807) is 25.4 Å². The van der Waals surface area contributed by atoms with Crippen LogP contribution in [0.1, 0.15) is 27.9 Å². The van der Waals surface area contributed by atoms with Crippen LogP contribution in [0.15, 0.2) is 36.5 Å². The predicted octanol–water partition coefficient (Wildman–Crippen LogP) is 3.40. The highest BCUT2D eigenvalue weighted by Crippen LogP contribution is 2.20. The van der Waals surface area contributed by atoms with Crippen molar-refractivity contribution < 1.29 is 9.53 Å². The second kappa shape index (κ2) is 8.29. The largest absolute Gasteiger partial charge is 0.385 e. The molecule has 1 aromatic carbocycles. The first kappa shape index (κ1) is 17.0. The van der Waals surface area contributed by atoms with Crippen molar-refractivity contribution in [1.82, 2.24) is 4.98 Å². The maximum atomic E-state index is 12.5. The van der Waals surface area contributed by atoms with Gasteiger partial charge in [-0.1, -0.05) is 18.2 Å². The molecule has 0 fully saturated rings. The fraction of sp³-hybridized carbons (Fsp3) is 0.333. The first-order valence-electron chi connectivity index (χ1n) is 7.68. The van der Waals surface area contributed by atoms with Crippen LogP contribution >= 0.6 is 0 Å². The average molecular weight is 313 g/mol. The zero-order valence-corrected chi connectivity index (χ0v) is 13.8. The summed E-state index contributed by atoms with van der Waals surface area (Å²) < 4.78 is 5.01. The Morgan fingerprint density at radius 3 is 2.65 bits per heavy atom. The lowest BCUT2D eigenvalue weighted by Crippen LogP contribution is -2.14. The third-order valence-electron chi connectivity index (χ3n) is 3.57. The van der Waals surface area contributed by atoms with Crippen LogP contribution in [0.25, 0.3) is 0 Å². The molecule has 0 bridgehead atoms. The molecule has 0 saturated heterocycles.